The van der Waals surface area contributed by atoms with Crippen molar-refractivity contribution in [3.05, 3.63) is 21.9 Å². The highest BCUT2D eigenvalue weighted by Crippen LogP contribution is 2.46. The molecule has 6 heteroatoms. The maximum Gasteiger partial charge on any atom is 0.225 e. The van der Waals surface area contributed by atoms with Gasteiger partial charge in [-0.3, -0.25) is 9.59 Å². The highest BCUT2D eigenvalue weighted by molar-refractivity contribution is 7.27. The number of hydrogen-bond acceptors (Lipinski definition) is 4. The van der Waals surface area contributed by atoms with E-state index in [1.807, 2.05) is 22.7 Å². The van der Waals surface area contributed by atoms with Crippen LogP contribution in [-0.4, -0.2) is 10.5 Å². The van der Waals surface area contributed by atoms with E-state index in [9.17, 15) is 9.59 Å². The molecule has 2 aromatic heterocycles. The summed E-state index contributed by atoms with van der Waals surface area (Å²) < 4.78 is 2.66. The van der Waals surface area contributed by atoms with Crippen molar-refractivity contribution in [3.63, 3.8) is 0 Å². The first-order valence-corrected chi connectivity index (χ1v) is 15.3. The van der Waals surface area contributed by atoms with Crippen LogP contribution in [0, 0.1) is 11.8 Å². The Morgan fingerprint density at radius 2 is 1.21 bits per heavy atom. The summed E-state index contributed by atoms with van der Waals surface area (Å²) in [4.78, 5) is 27.1. The van der Waals surface area contributed by atoms with Gasteiger partial charge in [-0.05, 0) is 73.4 Å². The molecule has 0 radical (unpaired) electrons. The van der Waals surface area contributed by atoms with Gasteiger partial charge in [-0.2, -0.15) is 0 Å². The van der Waals surface area contributed by atoms with E-state index in [2.05, 4.69) is 12.1 Å². The Morgan fingerprint density at radius 1 is 0.667 bits per heavy atom. The number of carbonyl (C=O) groups is 2. The molecule has 4 unspecified atom stereocenters. The van der Waals surface area contributed by atoms with Crippen molar-refractivity contribution in [1.82, 2.24) is 0 Å². The quantitative estimate of drug-likeness (QED) is 0.371. The number of carbonyl (C=O) groups excluding carboxylic acids is 2. The van der Waals surface area contributed by atoms with Crippen LogP contribution in [-0.2, 0) is 9.59 Å². The van der Waals surface area contributed by atoms with Gasteiger partial charge in [0.1, 0.15) is 0 Å². The van der Waals surface area contributed by atoms with E-state index in [4.69, 9.17) is 23.2 Å². The lowest BCUT2D eigenvalue weighted by Crippen LogP contribution is -2.19. The normalized spacial score (nSPS) is 28.5. The van der Waals surface area contributed by atoms with Crippen LogP contribution >= 0.6 is 45.9 Å². The Bertz CT molecular complexity index is 902. The highest BCUT2D eigenvalue weighted by atomic mass is 35.5. The molecule has 4 atom stereocenters. The monoisotopic (exact) mass is 526 g/mol. The van der Waals surface area contributed by atoms with Gasteiger partial charge in [0, 0.05) is 36.9 Å². The molecular formula is C27H36Cl2O2S2. The van der Waals surface area contributed by atoms with Gasteiger partial charge in [0.25, 0.3) is 0 Å². The molecule has 0 spiro atoms. The van der Waals surface area contributed by atoms with Crippen molar-refractivity contribution in [2.45, 2.75) is 108 Å². The molecule has 2 saturated carbocycles. The summed E-state index contributed by atoms with van der Waals surface area (Å²) in [6.45, 7) is 0. The van der Waals surface area contributed by atoms with Crippen molar-refractivity contribution >= 4 is 65.8 Å². The van der Waals surface area contributed by atoms with Gasteiger partial charge in [0.05, 0.1) is 0 Å². The zero-order valence-corrected chi connectivity index (χ0v) is 22.6. The summed E-state index contributed by atoms with van der Waals surface area (Å²) in [5.41, 5.74) is 0. The smallest absolute Gasteiger partial charge is 0.225 e. The number of thiophene rings is 2. The number of fused-ring (bicyclic) bond motifs is 1. The summed E-state index contributed by atoms with van der Waals surface area (Å²) >= 11 is 15.8. The minimum atomic E-state index is -0.159. The second kappa shape index (κ2) is 12.5. The van der Waals surface area contributed by atoms with Crippen LogP contribution in [0.15, 0.2) is 12.1 Å². The standard InChI is InChI=1S/C27H36Cl2O2S2/c28-26(30)19-12-8-4-2-1-3-7-11-18(15-19)22-16-24-25(32-22)17-23(33-24)20-13-9-5-6-10-14-21(20)27(29)31/h16-21H,1-15H2. The van der Waals surface area contributed by atoms with Crippen LogP contribution in [0.1, 0.15) is 118 Å². The largest absolute Gasteiger partial charge is 0.281 e. The Morgan fingerprint density at radius 3 is 1.88 bits per heavy atom. The Labute approximate surface area is 216 Å². The fourth-order valence-corrected chi connectivity index (χ4v) is 9.11. The lowest BCUT2D eigenvalue weighted by molar-refractivity contribution is -0.116. The van der Waals surface area contributed by atoms with E-state index < -0.39 is 0 Å². The number of hydrogen-bond donors (Lipinski definition) is 0. The van der Waals surface area contributed by atoms with E-state index >= 15 is 0 Å². The fraction of sp³-hybridized carbons (Fsp3) is 0.704. The van der Waals surface area contributed by atoms with Gasteiger partial charge in [-0.15, -0.1) is 22.7 Å². The maximum atomic E-state index is 12.2. The van der Waals surface area contributed by atoms with Gasteiger partial charge in [0.2, 0.25) is 10.5 Å². The second-order valence-electron chi connectivity index (χ2n) is 10.2. The molecule has 0 amide bonds. The van der Waals surface area contributed by atoms with E-state index in [-0.39, 0.29) is 28.2 Å². The van der Waals surface area contributed by atoms with Crippen LogP contribution in [0.5, 0.6) is 0 Å². The Balaban J connectivity index is 1.56. The molecule has 0 bridgehead atoms. The SMILES string of the molecule is O=C(Cl)C1CCCCCCCCC(c2cc3sc(C4CCCCCCC4C(=O)Cl)cc3s2)C1. The molecular weight excluding hydrogens is 491 g/mol. The summed E-state index contributed by atoms with van der Waals surface area (Å²) in [5, 5.41) is -0.311. The molecule has 0 N–H and O–H groups in total. The lowest BCUT2D eigenvalue weighted by atomic mass is 9.81. The Kier molecular flexibility index (Phi) is 9.73. The maximum absolute atomic E-state index is 12.2. The van der Waals surface area contributed by atoms with Gasteiger partial charge in [-0.25, -0.2) is 0 Å². The fourth-order valence-electron chi connectivity index (χ4n) is 5.89. The van der Waals surface area contributed by atoms with Gasteiger partial charge in [0.15, 0.2) is 0 Å². The second-order valence-corrected chi connectivity index (χ2v) is 13.1. The average Bonchev–Trinajstić information content (AvgIpc) is 3.30. The third-order valence-electron chi connectivity index (χ3n) is 7.82. The predicted octanol–water partition coefficient (Wildman–Crippen LogP) is 9.77. The van der Waals surface area contributed by atoms with Gasteiger partial charge < -0.3 is 0 Å². The molecule has 2 fully saturated rings. The van der Waals surface area contributed by atoms with Gasteiger partial charge in [-0.1, -0.05) is 64.2 Å². The molecule has 2 aliphatic rings. The molecule has 33 heavy (non-hydrogen) atoms. The number of rotatable bonds is 4. The molecule has 0 aliphatic heterocycles. The van der Waals surface area contributed by atoms with E-state index in [0.29, 0.717) is 5.92 Å². The third kappa shape index (κ3) is 6.84. The molecule has 0 saturated heterocycles. The minimum absolute atomic E-state index is 0.0177. The zero-order chi connectivity index (χ0) is 23.2. The van der Waals surface area contributed by atoms with Crippen LogP contribution in [0.25, 0.3) is 9.40 Å². The molecule has 182 valence electrons. The average molecular weight is 528 g/mol. The summed E-state index contributed by atoms with van der Waals surface area (Å²) in [6, 6.07) is 4.71. The highest BCUT2D eigenvalue weighted by Gasteiger charge is 2.31. The molecule has 4 rings (SSSR count). The molecule has 2 aromatic rings. The van der Waals surface area contributed by atoms with E-state index in [0.717, 1.165) is 44.9 Å². The van der Waals surface area contributed by atoms with Crippen molar-refractivity contribution in [3.8, 4) is 0 Å². The van der Waals surface area contributed by atoms with Crippen LogP contribution in [0.4, 0.5) is 0 Å². The van der Waals surface area contributed by atoms with Crippen molar-refractivity contribution in [2.75, 3.05) is 0 Å². The first-order chi connectivity index (χ1) is 16.0. The third-order valence-corrected chi connectivity index (χ3v) is 11.0. The van der Waals surface area contributed by atoms with E-state index in [1.165, 1.54) is 70.5 Å². The summed E-state index contributed by atoms with van der Waals surface area (Å²) in [7, 11) is 0. The molecule has 2 heterocycles. The first kappa shape index (κ1) is 25.7. The molecule has 0 aromatic carbocycles. The lowest BCUT2D eigenvalue weighted by Gasteiger charge is -2.25. The van der Waals surface area contributed by atoms with Crippen LogP contribution in [0.3, 0.4) is 0 Å². The predicted molar refractivity (Wildman–Crippen MR) is 143 cm³/mol. The topological polar surface area (TPSA) is 34.1 Å². The summed E-state index contributed by atoms with van der Waals surface area (Å²) in [5.74, 6) is 0.620. The van der Waals surface area contributed by atoms with E-state index in [1.54, 1.807) is 0 Å². The van der Waals surface area contributed by atoms with Crippen LogP contribution < -0.4 is 0 Å². The first-order valence-electron chi connectivity index (χ1n) is 12.9. The number of halogens is 2. The minimum Gasteiger partial charge on any atom is -0.281 e. The van der Waals surface area contributed by atoms with Crippen LogP contribution in [0.2, 0.25) is 0 Å². The van der Waals surface area contributed by atoms with Crippen molar-refractivity contribution < 1.29 is 9.59 Å². The zero-order valence-electron chi connectivity index (χ0n) is 19.5. The van der Waals surface area contributed by atoms with Crippen molar-refractivity contribution in [1.29, 1.82) is 0 Å². The van der Waals surface area contributed by atoms with Crippen molar-refractivity contribution in [2.24, 2.45) is 11.8 Å². The molecule has 2 aliphatic carbocycles. The Hall–Kier alpha value is -0.420. The summed E-state index contributed by atoms with van der Waals surface area (Å²) in [6.07, 6.45) is 17.1. The van der Waals surface area contributed by atoms with Gasteiger partial charge >= 0.3 is 0 Å². The molecule has 2 nitrogen and oxygen atoms in total.